The van der Waals surface area contributed by atoms with Crippen LogP contribution in [-0.2, 0) is 9.53 Å². The van der Waals surface area contributed by atoms with Crippen LogP contribution in [0.1, 0.15) is 31.9 Å². The van der Waals surface area contributed by atoms with Crippen LogP contribution in [0.5, 0.6) is 0 Å². The standard InChI is InChI=1S/C15H21NO2/c1-11(13-7-5-4-6-8-13)16-10-9-14(12(16)2)15(17)18-3/h4-8,11-12,14H,9-10H2,1-3H3/t11-,12?,14?/m0/s1. The van der Waals surface area contributed by atoms with Crippen LogP contribution < -0.4 is 0 Å². The Kier molecular flexibility index (Phi) is 4.02. The predicted molar refractivity (Wildman–Crippen MR) is 71.1 cm³/mol. The molecule has 98 valence electrons. The van der Waals surface area contributed by atoms with Gasteiger partial charge in [0.1, 0.15) is 0 Å². The van der Waals surface area contributed by atoms with Crippen molar-refractivity contribution in [1.82, 2.24) is 4.90 Å². The zero-order chi connectivity index (χ0) is 13.1. The maximum Gasteiger partial charge on any atom is 0.310 e. The van der Waals surface area contributed by atoms with Crippen molar-refractivity contribution < 1.29 is 9.53 Å². The van der Waals surface area contributed by atoms with Crippen LogP contribution in [0.3, 0.4) is 0 Å². The highest BCUT2D eigenvalue weighted by Gasteiger charge is 2.38. The van der Waals surface area contributed by atoms with E-state index in [1.54, 1.807) is 0 Å². The van der Waals surface area contributed by atoms with Crippen molar-refractivity contribution in [3.05, 3.63) is 35.9 Å². The lowest BCUT2D eigenvalue weighted by molar-refractivity contribution is -0.146. The van der Waals surface area contributed by atoms with E-state index in [-0.39, 0.29) is 17.9 Å². The second-order valence-electron chi connectivity index (χ2n) is 4.98. The Balaban J connectivity index is 2.09. The van der Waals surface area contributed by atoms with Crippen molar-refractivity contribution in [3.8, 4) is 0 Å². The maximum absolute atomic E-state index is 11.7. The van der Waals surface area contributed by atoms with Crippen molar-refractivity contribution in [1.29, 1.82) is 0 Å². The van der Waals surface area contributed by atoms with Crippen LogP contribution in [-0.4, -0.2) is 30.6 Å². The van der Waals surface area contributed by atoms with Gasteiger partial charge in [0.05, 0.1) is 13.0 Å². The molecule has 0 N–H and O–H groups in total. The van der Waals surface area contributed by atoms with Gasteiger partial charge in [-0.1, -0.05) is 30.3 Å². The first-order valence-corrected chi connectivity index (χ1v) is 6.53. The highest BCUT2D eigenvalue weighted by Crippen LogP contribution is 2.32. The first kappa shape index (κ1) is 13.1. The lowest BCUT2D eigenvalue weighted by atomic mass is 10.0. The number of ether oxygens (including phenoxy) is 1. The van der Waals surface area contributed by atoms with Gasteiger partial charge in [-0.05, 0) is 32.4 Å². The van der Waals surface area contributed by atoms with Crippen LogP contribution in [0.15, 0.2) is 30.3 Å². The maximum atomic E-state index is 11.7. The molecule has 1 saturated heterocycles. The fourth-order valence-electron chi connectivity index (χ4n) is 2.90. The minimum absolute atomic E-state index is 0.0150. The van der Waals surface area contributed by atoms with Crippen LogP contribution in [0.4, 0.5) is 0 Å². The van der Waals surface area contributed by atoms with E-state index in [0.29, 0.717) is 6.04 Å². The number of hydrogen-bond donors (Lipinski definition) is 0. The molecule has 1 heterocycles. The number of carbonyl (C=O) groups is 1. The summed E-state index contributed by atoms with van der Waals surface area (Å²) in [7, 11) is 1.47. The van der Waals surface area contributed by atoms with Gasteiger partial charge in [-0.3, -0.25) is 9.69 Å². The summed E-state index contributed by atoms with van der Waals surface area (Å²) in [6.45, 7) is 5.27. The SMILES string of the molecule is COC(=O)C1CCN([C@@H](C)c2ccccc2)C1C. The first-order valence-electron chi connectivity index (χ1n) is 6.53. The summed E-state index contributed by atoms with van der Waals surface area (Å²) in [5.41, 5.74) is 1.30. The van der Waals surface area contributed by atoms with Gasteiger partial charge in [-0.15, -0.1) is 0 Å². The number of rotatable bonds is 3. The minimum Gasteiger partial charge on any atom is -0.469 e. The van der Waals surface area contributed by atoms with Crippen LogP contribution in [0, 0.1) is 5.92 Å². The molecule has 0 amide bonds. The molecule has 1 aliphatic heterocycles. The van der Waals surface area contributed by atoms with E-state index in [1.807, 2.05) is 6.07 Å². The van der Waals surface area contributed by atoms with Crippen molar-refractivity contribution in [2.45, 2.75) is 32.4 Å². The largest absolute Gasteiger partial charge is 0.469 e. The molecule has 0 aliphatic carbocycles. The van der Waals surface area contributed by atoms with Gasteiger partial charge < -0.3 is 4.74 Å². The van der Waals surface area contributed by atoms with E-state index in [0.717, 1.165) is 13.0 Å². The van der Waals surface area contributed by atoms with E-state index < -0.39 is 0 Å². The van der Waals surface area contributed by atoms with Gasteiger partial charge in [-0.25, -0.2) is 0 Å². The fraction of sp³-hybridized carbons (Fsp3) is 0.533. The summed E-state index contributed by atoms with van der Waals surface area (Å²) < 4.78 is 4.87. The van der Waals surface area contributed by atoms with E-state index in [2.05, 4.69) is 43.0 Å². The monoisotopic (exact) mass is 247 g/mol. The van der Waals surface area contributed by atoms with Gasteiger partial charge >= 0.3 is 5.97 Å². The molecule has 0 saturated carbocycles. The Labute approximate surface area is 109 Å². The van der Waals surface area contributed by atoms with Crippen molar-refractivity contribution in [2.24, 2.45) is 5.92 Å². The Bertz CT molecular complexity index is 404. The van der Waals surface area contributed by atoms with Gasteiger partial charge in [-0.2, -0.15) is 0 Å². The molecule has 0 aromatic heterocycles. The highest BCUT2D eigenvalue weighted by atomic mass is 16.5. The van der Waals surface area contributed by atoms with E-state index >= 15 is 0 Å². The van der Waals surface area contributed by atoms with E-state index in [4.69, 9.17) is 4.74 Å². The molecule has 18 heavy (non-hydrogen) atoms. The van der Waals surface area contributed by atoms with Gasteiger partial charge in [0.15, 0.2) is 0 Å². The molecule has 0 bridgehead atoms. The predicted octanol–water partition coefficient (Wildman–Crippen LogP) is 2.63. The number of hydrogen-bond acceptors (Lipinski definition) is 3. The third-order valence-corrected chi connectivity index (χ3v) is 4.09. The molecule has 2 unspecified atom stereocenters. The number of methoxy groups -OCH3 is 1. The Morgan fingerprint density at radius 1 is 1.39 bits per heavy atom. The molecule has 1 aliphatic rings. The molecule has 3 heteroatoms. The van der Waals surface area contributed by atoms with E-state index in [1.165, 1.54) is 12.7 Å². The summed E-state index contributed by atoms with van der Waals surface area (Å²) in [6, 6.07) is 11.0. The van der Waals surface area contributed by atoms with Gasteiger partial charge in [0.2, 0.25) is 0 Å². The summed E-state index contributed by atoms with van der Waals surface area (Å²) in [5, 5.41) is 0. The summed E-state index contributed by atoms with van der Waals surface area (Å²) in [5.74, 6) is -0.0635. The normalized spacial score (nSPS) is 25.9. The number of esters is 1. The average Bonchev–Trinajstić information content (AvgIpc) is 2.80. The Morgan fingerprint density at radius 2 is 2.06 bits per heavy atom. The highest BCUT2D eigenvalue weighted by molar-refractivity contribution is 5.73. The molecule has 1 aromatic rings. The zero-order valence-electron chi connectivity index (χ0n) is 11.3. The Hall–Kier alpha value is -1.35. The molecule has 0 spiro atoms. The van der Waals surface area contributed by atoms with Crippen LogP contribution in [0.25, 0.3) is 0 Å². The lowest BCUT2D eigenvalue weighted by Gasteiger charge is -2.30. The minimum atomic E-state index is -0.0785. The first-order chi connectivity index (χ1) is 8.65. The summed E-state index contributed by atoms with van der Waals surface area (Å²) in [4.78, 5) is 14.1. The van der Waals surface area contributed by atoms with Crippen LogP contribution in [0.2, 0.25) is 0 Å². The molecular weight excluding hydrogens is 226 g/mol. The smallest absolute Gasteiger partial charge is 0.310 e. The summed E-state index contributed by atoms with van der Waals surface area (Å²) >= 11 is 0. The molecule has 0 radical (unpaired) electrons. The fourth-order valence-corrected chi connectivity index (χ4v) is 2.90. The van der Waals surface area contributed by atoms with Crippen molar-refractivity contribution in [2.75, 3.05) is 13.7 Å². The van der Waals surface area contributed by atoms with Gasteiger partial charge in [0, 0.05) is 12.1 Å². The molecule has 1 fully saturated rings. The number of benzene rings is 1. The molecule has 3 atom stereocenters. The van der Waals surface area contributed by atoms with Crippen molar-refractivity contribution >= 4 is 5.97 Å². The number of nitrogens with zero attached hydrogens (tertiary/aromatic N) is 1. The molecule has 2 rings (SSSR count). The zero-order valence-corrected chi connectivity index (χ0v) is 11.3. The quantitative estimate of drug-likeness (QED) is 0.769. The number of carbonyl (C=O) groups excluding carboxylic acids is 1. The third kappa shape index (κ3) is 2.41. The molecule has 3 nitrogen and oxygen atoms in total. The number of likely N-dealkylation sites (tertiary alicyclic amines) is 1. The molecular formula is C15H21NO2. The third-order valence-electron chi connectivity index (χ3n) is 4.09. The topological polar surface area (TPSA) is 29.5 Å². The van der Waals surface area contributed by atoms with Crippen LogP contribution >= 0.6 is 0 Å². The Morgan fingerprint density at radius 3 is 2.67 bits per heavy atom. The second kappa shape index (κ2) is 5.53. The molecule has 1 aromatic carbocycles. The van der Waals surface area contributed by atoms with E-state index in [9.17, 15) is 4.79 Å². The van der Waals surface area contributed by atoms with Gasteiger partial charge in [0.25, 0.3) is 0 Å². The van der Waals surface area contributed by atoms with Crippen molar-refractivity contribution in [3.63, 3.8) is 0 Å². The lowest BCUT2D eigenvalue weighted by Crippen LogP contribution is -2.35. The average molecular weight is 247 g/mol. The summed E-state index contributed by atoms with van der Waals surface area (Å²) in [6.07, 6.45) is 0.894. The second-order valence-corrected chi connectivity index (χ2v) is 4.98.